The first-order chi connectivity index (χ1) is 11.2. The van der Waals surface area contributed by atoms with Crippen LogP contribution in [0.2, 0.25) is 5.02 Å². The van der Waals surface area contributed by atoms with E-state index in [9.17, 15) is 9.00 Å². The van der Waals surface area contributed by atoms with Crippen molar-refractivity contribution in [2.45, 2.75) is 64.7 Å². The predicted molar refractivity (Wildman–Crippen MR) is 104 cm³/mol. The van der Waals surface area contributed by atoms with E-state index in [2.05, 4.69) is 11.6 Å². The molecule has 0 saturated heterocycles. The van der Waals surface area contributed by atoms with E-state index in [1.54, 1.807) is 13.0 Å². The van der Waals surface area contributed by atoms with Gasteiger partial charge < -0.3 is 0 Å². The van der Waals surface area contributed by atoms with Gasteiger partial charge in [-0.2, -0.15) is 0 Å². The summed E-state index contributed by atoms with van der Waals surface area (Å²) in [5, 5.41) is 0.559. The molecule has 0 aromatic heterocycles. The first-order valence-corrected chi connectivity index (χ1v) is 9.84. The SMILES string of the molecule is CCCC/C=C(\C(C)=O)[C@@H](NS(=O)C(C)(C)C)c1ccccc1Cl. The van der Waals surface area contributed by atoms with E-state index in [4.69, 9.17) is 11.6 Å². The van der Waals surface area contributed by atoms with Gasteiger partial charge in [0.2, 0.25) is 0 Å². The average molecular weight is 370 g/mol. The fraction of sp³-hybridized carbons (Fsp3) is 0.526. The van der Waals surface area contributed by atoms with Gasteiger partial charge in [0.05, 0.1) is 21.8 Å². The number of ketones is 1. The molecule has 1 N–H and O–H groups in total. The highest BCUT2D eigenvalue weighted by atomic mass is 35.5. The fourth-order valence-corrected chi connectivity index (χ4v) is 3.28. The van der Waals surface area contributed by atoms with E-state index in [0.717, 1.165) is 24.8 Å². The number of Topliss-reactive ketones (excluding diaryl/α,β-unsaturated/α-hetero) is 1. The molecule has 0 saturated carbocycles. The van der Waals surface area contributed by atoms with Crippen LogP contribution in [0.25, 0.3) is 0 Å². The Morgan fingerprint density at radius 2 is 1.96 bits per heavy atom. The number of carbonyl (C=O) groups is 1. The van der Waals surface area contributed by atoms with Gasteiger partial charge in [0.15, 0.2) is 5.78 Å². The summed E-state index contributed by atoms with van der Waals surface area (Å²) in [5.41, 5.74) is 1.39. The zero-order valence-electron chi connectivity index (χ0n) is 15.2. The molecule has 0 fully saturated rings. The maximum atomic E-state index is 12.6. The summed E-state index contributed by atoms with van der Waals surface area (Å²) in [6, 6.07) is 6.90. The van der Waals surface area contributed by atoms with E-state index in [-0.39, 0.29) is 5.78 Å². The average Bonchev–Trinajstić information content (AvgIpc) is 2.49. The Kier molecular flexibility index (Phi) is 8.34. The van der Waals surface area contributed by atoms with Gasteiger partial charge in [-0.3, -0.25) is 4.79 Å². The number of halogens is 1. The monoisotopic (exact) mass is 369 g/mol. The second-order valence-corrected chi connectivity index (χ2v) is 9.22. The van der Waals surface area contributed by atoms with Gasteiger partial charge >= 0.3 is 0 Å². The van der Waals surface area contributed by atoms with Gasteiger partial charge in [0, 0.05) is 10.6 Å². The van der Waals surface area contributed by atoms with Gasteiger partial charge in [0.1, 0.15) is 0 Å². The molecule has 1 aromatic carbocycles. The first kappa shape index (κ1) is 21.1. The minimum atomic E-state index is -1.32. The second kappa shape index (κ2) is 9.50. The standard InChI is InChI=1S/C19H28ClNO2S/c1-6-7-8-11-15(14(2)22)18(21-24(23)19(3,4)5)16-12-9-10-13-17(16)20/h9-13,18,21H,6-8H2,1-5H3/b15-11+/t18-,24?/m1/s1. The topological polar surface area (TPSA) is 46.2 Å². The Morgan fingerprint density at radius 1 is 1.33 bits per heavy atom. The Balaban J connectivity index is 3.30. The molecule has 24 heavy (non-hydrogen) atoms. The van der Waals surface area contributed by atoms with Crippen molar-refractivity contribution in [2.75, 3.05) is 0 Å². The largest absolute Gasteiger partial charge is 0.295 e. The van der Waals surface area contributed by atoms with Gasteiger partial charge in [0.25, 0.3) is 0 Å². The maximum Gasteiger partial charge on any atom is 0.157 e. The number of carbonyl (C=O) groups excluding carboxylic acids is 1. The zero-order valence-corrected chi connectivity index (χ0v) is 16.8. The Morgan fingerprint density at radius 3 is 2.46 bits per heavy atom. The third kappa shape index (κ3) is 6.15. The van der Waals surface area contributed by atoms with Crippen LogP contribution in [0.4, 0.5) is 0 Å². The van der Waals surface area contributed by atoms with Crippen LogP contribution in [0.1, 0.15) is 65.5 Å². The van der Waals surface area contributed by atoms with E-state index < -0.39 is 21.8 Å². The van der Waals surface area contributed by atoms with Gasteiger partial charge in [-0.15, -0.1) is 0 Å². The lowest BCUT2D eigenvalue weighted by Gasteiger charge is -2.26. The minimum Gasteiger partial charge on any atom is -0.295 e. The Labute approximate surface area is 153 Å². The van der Waals surface area contributed by atoms with Gasteiger partial charge in [-0.25, -0.2) is 8.93 Å². The molecule has 1 rings (SSSR count). The van der Waals surface area contributed by atoms with E-state index >= 15 is 0 Å². The lowest BCUT2D eigenvalue weighted by molar-refractivity contribution is -0.113. The summed E-state index contributed by atoms with van der Waals surface area (Å²) in [6.07, 6.45) is 4.83. The highest BCUT2D eigenvalue weighted by Gasteiger charge is 2.28. The highest BCUT2D eigenvalue weighted by molar-refractivity contribution is 7.84. The summed E-state index contributed by atoms with van der Waals surface area (Å²) < 4.78 is 15.3. The van der Waals surface area contributed by atoms with Crippen LogP contribution >= 0.6 is 11.6 Å². The zero-order chi connectivity index (χ0) is 18.3. The summed E-state index contributed by atoms with van der Waals surface area (Å²) in [5.74, 6) is -0.0329. The van der Waals surface area contributed by atoms with Crippen molar-refractivity contribution in [2.24, 2.45) is 0 Å². The smallest absolute Gasteiger partial charge is 0.157 e. The van der Waals surface area contributed by atoms with Crippen molar-refractivity contribution in [1.82, 2.24) is 4.72 Å². The van der Waals surface area contributed by atoms with Crippen LogP contribution < -0.4 is 4.72 Å². The Bertz CT molecular complexity index is 620. The number of nitrogens with one attached hydrogen (secondary N) is 1. The van der Waals surface area contributed by atoms with E-state index in [1.807, 2.05) is 45.0 Å². The molecule has 5 heteroatoms. The summed E-state index contributed by atoms with van der Waals surface area (Å²) >= 11 is 6.35. The maximum absolute atomic E-state index is 12.6. The van der Waals surface area contributed by atoms with Crippen molar-refractivity contribution < 1.29 is 9.00 Å². The fourth-order valence-electron chi connectivity index (χ4n) is 2.21. The van der Waals surface area contributed by atoms with Crippen LogP contribution in [0.3, 0.4) is 0 Å². The number of benzene rings is 1. The number of hydrogen-bond donors (Lipinski definition) is 1. The number of hydrogen-bond acceptors (Lipinski definition) is 2. The van der Waals surface area contributed by atoms with Crippen LogP contribution in [0.15, 0.2) is 35.9 Å². The molecule has 1 aromatic rings. The third-order valence-corrected chi connectivity index (χ3v) is 5.54. The molecule has 3 nitrogen and oxygen atoms in total. The van der Waals surface area contributed by atoms with Crippen LogP contribution in [0, 0.1) is 0 Å². The third-order valence-electron chi connectivity index (χ3n) is 3.64. The van der Waals surface area contributed by atoms with Crippen molar-refractivity contribution in [3.63, 3.8) is 0 Å². The van der Waals surface area contributed by atoms with Crippen LogP contribution in [-0.4, -0.2) is 14.7 Å². The molecule has 0 bridgehead atoms. The Hall–Kier alpha value is -0.970. The van der Waals surface area contributed by atoms with Crippen LogP contribution in [0.5, 0.6) is 0 Å². The van der Waals surface area contributed by atoms with Crippen molar-refractivity contribution in [3.8, 4) is 0 Å². The van der Waals surface area contributed by atoms with Crippen molar-refractivity contribution >= 4 is 28.4 Å². The molecule has 1 unspecified atom stereocenters. The predicted octanol–water partition coefficient (Wildman–Crippen LogP) is 5.14. The molecule has 0 aliphatic rings. The quantitative estimate of drug-likeness (QED) is 0.509. The number of unbranched alkanes of at least 4 members (excludes halogenated alkanes) is 2. The summed E-state index contributed by atoms with van der Waals surface area (Å²) in [4.78, 5) is 12.2. The molecule has 0 heterocycles. The highest BCUT2D eigenvalue weighted by Crippen LogP contribution is 2.30. The van der Waals surface area contributed by atoms with Crippen molar-refractivity contribution in [3.05, 3.63) is 46.5 Å². The minimum absolute atomic E-state index is 0.0329. The van der Waals surface area contributed by atoms with Gasteiger partial charge in [-0.1, -0.05) is 55.6 Å². The molecule has 0 amide bonds. The van der Waals surface area contributed by atoms with Gasteiger partial charge in [-0.05, 0) is 45.7 Å². The van der Waals surface area contributed by atoms with Crippen molar-refractivity contribution in [1.29, 1.82) is 0 Å². The normalized spacial score (nSPS) is 15.2. The molecular weight excluding hydrogens is 342 g/mol. The lowest BCUT2D eigenvalue weighted by Crippen LogP contribution is -2.37. The summed E-state index contributed by atoms with van der Waals surface area (Å²) in [6.45, 7) is 9.35. The van der Waals surface area contributed by atoms with E-state index in [1.165, 1.54) is 0 Å². The molecule has 134 valence electrons. The lowest BCUT2D eigenvalue weighted by atomic mass is 9.95. The second-order valence-electron chi connectivity index (χ2n) is 6.81. The molecule has 0 spiro atoms. The van der Waals surface area contributed by atoms with Crippen LogP contribution in [-0.2, 0) is 15.8 Å². The van der Waals surface area contributed by atoms with E-state index in [0.29, 0.717) is 10.6 Å². The summed E-state index contributed by atoms with van der Waals surface area (Å²) in [7, 11) is -1.32. The molecule has 0 aliphatic carbocycles. The molecule has 2 atom stereocenters. The molecule has 0 aliphatic heterocycles. The number of rotatable bonds is 8. The number of allylic oxidation sites excluding steroid dienone is 1. The molecular formula is C19H28ClNO2S. The molecule has 0 radical (unpaired) electrons. The first-order valence-electron chi connectivity index (χ1n) is 8.32.